The monoisotopic (exact) mass is 271 g/mol. The molecule has 0 aliphatic carbocycles. The molecule has 0 radical (unpaired) electrons. The molecule has 1 aliphatic rings. The first-order chi connectivity index (χ1) is 9.08. The van der Waals surface area contributed by atoms with E-state index in [1.54, 1.807) is 7.11 Å². The summed E-state index contributed by atoms with van der Waals surface area (Å²) >= 11 is 0. The van der Waals surface area contributed by atoms with Crippen molar-refractivity contribution >= 4 is 11.9 Å². The molecule has 1 heterocycles. The number of methoxy groups -OCH3 is 1. The molecule has 0 aromatic carbocycles. The third-order valence-corrected chi connectivity index (χ3v) is 3.63. The highest BCUT2D eigenvalue weighted by Crippen LogP contribution is 2.19. The molecule has 0 bridgehead atoms. The van der Waals surface area contributed by atoms with E-state index < -0.39 is 0 Å². The lowest BCUT2D eigenvalue weighted by atomic mass is 9.96. The summed E-state index contributed by atoms with van der Waals surface area (Å²) in [5.74, 6) is -0.00397. The summed E-state index contributed by atoms with van der Waals surface area (Å²) in [5.41, 5.74) is 0. The first-order valence-electron chi connectivity index (χ1n) is 7.05. The lowest BCUT2D eigenvalue weighted by Crippen LogP contribution is -2.40. The molecule has 0 spiro atoms. The molecular weight excluding hydrogens is 246 g/mol. The van der Waals surface area contributed by atoms with Crippen molar-refractivity contribution in [3.63, 3.8) is 0 Å². The summed E-state index contributed by atoms with van der Waals surface area (Å²) in [6.45, 7) is 5.51. The van der Waals surface area contributed by atoms with Gasteiger partial charge in [0.25, 0.3) is 0 Å². The van der Waals surface area contributed by atoms with Crippen LogP contribution in [0, 0.1) is 5.92 Å². The van der Waals surface area contributed by atoms with Gasteiger partial charge in [0, 0.05) is 26.6 Å². The Kier molecular flexibility index (Phi) is 6.84. The first-order valence-corrected chi connectivity index (χ1v) is 7.05. The molecule has 0 saturated carbocycles. The summed E-state index contributed by atoms with van der Waals surface area (Å²) in [6.07, 6.45) is 2.79. The van der Waals surface area contributed by atoms with Crippen LogP contribution in [0.2, 0.25) is 0 Å². The molecule has 0 aromatic heterocycles. The van der Waals surface area contributed by atoms with Gasteiger partial charge in [-0.25, -0.2) is 0 Å². The van der Waals surface area contributed by atoms with Crippen LogP contribution < -0.4 is 0 Å². The van der Waals surface area contributed by atoms with Crippen molar-refractivity contribution in [2.24, 2.45) is 5.92 Å². The Morgan fingerprint density at radius 1 is 1.32 bits per heavy atom. The maximum atomic E-state index is 12.0. The molecule has 1 unspecified atom stereocenters. The molecule has 1 saturated heterocycles. The van der Waals surface area contributed by atoms with Gasteiger partial charge in [-0.05, 0) is 33.1 Å². The van der Waals surface area contributed by atoms with Gasteiger partial charge >= 0.3 is 5.97 Å². The highest BCUT2D eigenvalue weighted by molar-refractivity contribution is 5.77. The second-order valence-corrected chi connectivity index (χ2v) is 4.99. The van der Waals surface area contributed by atoms with Gasteiger partial charge in [-0.15, -0.1) is 0 Å². The highest BCUT2D eigenvalue weighted by Gasteiger charge is 2.27. The average Bonchev–Trinajstić information content (AvgIpc) is 2.44. The summed E-state index contributed by atoms with van der Waals surface area (Å²) < 4.78 is 10.1. The number of ether oxygens (including phenoxy) is 2. The quantitative estimate of drug-likeness (QED) is 0.689. The zero-order chi connectivity index (χ0) is 14.3. The predicted octanol–water partition coefficient (Wildman–Crippen LogP) is 1.60. The SMILES string of the molecule is CCOC(=O)C1CCN(C(=O)CCC(C)OC)CC1. The van der Waals surface area contributed by atoms with Crippen molar-refractivity contribution in [1.29, 1.82) is 0 Å². The molecule has 110 valence electrons. The normalized spacial score (nSPS) is 18.2. The molecule has 0 N–H and O–H groups in total. The number of rotatable bonds is 6. The predicted molar refractivity (Wildman–Crippen MR) is 71.6 cm³/mol. The van der Waals surface area contributed by atoms with Gasteiger partial charge in [-0.2, -0.15) is 0 Å². The maximum Gasteiger partial charge on any atom is 0.309 e. The fourth-order valence-electron chi connectivity index (χ4n) is 2.23. The van der Waals surface area contributed by atoms with Crippen LogP contribution in [0.25, 0.3) is 0 Å². The third-order valence-electron chi connectivity index (χ3n) is 3.63. The maximum absolute atomic E-state index is 12.0. The van der Waals surface area contributed by atoms with Crippen LogP contribution >= 0.6 is 0 Å². The smallest absolute Gasteiger partial charge is 0.309 e. The van der Waals surface area contributed by atoms with E-state index in [1.807, 2.05) is 18.7 Å². The van der Waals surface area contributed by atoms with E-state index in [0.717, 1.165) is 6.42 Å². The minimum Gasteiger partial charge on any atom is -0.466 e. The Bertz CT molecular complexity index is 298. The second kappa shape index (κ2) is 8.15. The number of amides is 1. The zero-order valence-electron chi connectivity index (χ0n) is 12.2. The number of esters is 1. The lowest BCUT2D eigenvalue weighted by molar-refractivity contribution is -0.151. The molecule has 0 aromatic rings. The van der Waals surface area contributed by atoms with E-state index in [9.17, 15) is 9.59 Å². The van der Waals surface area contributed by atoms with Crippen molar-refractivity contribution in [2.75, 3.05) is 26.8 Å². The van der Waals surface area contributed by atoms with Gasteiger partial charge in [0.2, 0.25) is 5.91 Å². The fourth-order valence-corrected chi connectivity index (χ4v) is 2.23. The van der Waals surface area contributed by atoms with Crippen LogP contribution in [0.15, 0.2) is 0 Å². The van der Waals surface area contributed by atoms with Crippen molar-refractivity contribution in [1.82, 2.24) is 4.90 Å². The van der Waals surface area contributed by atoms with Gasteiger partial charge in [-0.1, -0.05) is 0 Å². The van der Waals surface area contributed by atoms with Crippen molar-refractivity contribution < 1.29 is 19.1 Å². The highest BCUT2D eigenvalue weighted by atomic mass is 16.5. The molecule has 1 atom stereocenters. The molecular formula is C14H25NO4. The molecule has 1 rings (SSSR count). The van der Waals surface area contributed by atoms with E-state index in [2.05, 4.69) is 0 Å². The number of hydrogen-bond donors (Lipinski definition) is 0. The van der Waals surface area contributed by atoms with Crippen molar-refractivity contribution in [2.45, 2.75) is 45.6 Å². The van der Waals surface area contributed by atoms with E-state index in [1.165, 1.54) is 0 Å². The molecule has 5 heteroatoms. The van der Waals surface area contributed by atoms with Crippen LogP contribution in [0.3, 0.4) is 0 Å². The van der Waals surface area contributed by atoms with Crippen LogP contribution in [-0.2, 0) is 19.1 Å². The van der Waals surface area contributed by atoms with Gasteiger partial charge in [-0.3, -0.25) is 9.59 Å². The third kappa shape index (κ3) is 5.19. The van der Waals surface area contributed by atoms with E-state index in [4.69, 9.17) is 9.47 Å². The van der Waals surface area contributed by atoms with Gasteiger partial charge in [0.15, 0.2) is 0 Å². The second-order valence-electron chi connectivity index (χ2n) is 4.99. The summed E-state index contributed by atoms with van der Waals surface area (Å²) in [6, 6.07) is 0. The Morgan fingerprint density at radius 3 is 2.47 bits per heavy atom. The Hall–Kier alpha value is -1.10. The van der Waals surface area contributed by atoms with Gasteiger partial charge in [0.1, 0.15) is 0 Å². The standard InChI is InChI=1S/C14H25NO4/c1-4-19-14(17)12-7-9-15(10-8-12)13(16)6-5-11(2)18-3/h11-12H,4-10H2,1-3H3. The van der Waals surface area contributed by atoms with Crippen molar-refractivity contribution in [3.8, 4) is 0 Å². The minimum absolute atomic E-state index is 0.0399. The minimum atomic E-state index is -0.123. The number of nitrogens with zero attached hydrogens (tertiary/aromatic N) is 1. The summed E-state index contributed by atoms with van der Waals surface area (Å²) in [7, 11) is 1.65. The van der Waals surface area contributed by atoms with Crippen LogP contribution in [0.5, 0.6) is 0 Å². The topological polar surface area (TPSA) is 55.8 Å². The molecule has 1 fully saturated rings. The number of carbonyl (C=O) groups is 2. The fraction of sp³-hybridized carbons (Fsp3) is 0.857. The average molecular weight is 271 g/mol. The van der Waals surface area contributed by atoms with E-state index >= 15 is 0 Å². The Balaban J connectivity index is 2.29. The first kappa shape index (κ1) is 16.0. The Labute approximate surface area is 115 Å². The van der Waals surface area contributed by atoms with Crippen LogP contribution in [0.4, 0.5) is 0 Å². The van der Waals surface area contributed by atoms with E-state index in [0.29, 0.717) is 39.0 Å². The van der Waals surface area contributed by atoms with E-state index in [-0.39, 0.29) is 23.9 Å². The Morgan fingerprint density at radius 2 is 1.95 bits per heavy atom. The zero-order valence-corrected chi connectivity index (χ0v) is 12.2. The largest absolute Gasteiger partial charge is 0.466 e. The molecule has 19 heavy (non-hydrogen) atoms. The number of carbonyl (C=O) groups excluding carboxylic acids is 2. The molecule has 5 nitrogen and oxygen atoms in total. The van der Waals surface area contributed by atoms with Gasteiger partial charge in [0.05, 0.1) is 18.6 Å². The van der Waals surface area contributed by atoms with Crippen LogP contribution in [0.1, 0.15) is 39.5 Å². The number of piperidine rings is 1. The van der Waals surface area contributed by atoms with Crippen molar-refractivity contribution in [3.05, 3.63) is 0 Å². The van der Waals surface area contributed by atoms with Gasteiger partial charge < -0.3 is 14.4 Å². The molecule has 1 amide bonds. The summed E-state index contributed by atoms with van der Waals surface area (Å²) in [5, 5.41) is 0. The number of hydrogen-bond acceptors (Lipinski definition) is 4. The molecule has 1 aliphatic heterocycles. The van der Waals surface area contributed by atoms with Crippen LogP contribution in [-0.4, -0.2) is 49.7 Å². The summed E-state index contributed by atoms with van der Waals surface area (Å²) in [4.78, 5) is 25.4. The number of likely N-dealkylation sites (tertiary alicyclic amines) is 1. The lowest BCUT2D eigenvalue weighted by Gasteiger charge is -2.31.